The lowest BCUT2D eigenvalue weighted by Gasteiger charge is -2.28. The molecule has 0 unspecified atom stereocenters. The van der Waals surface area contributed by atoms with E-state index in [-0.39, 0.29) is 5.39 Å². The molecule has 31 heavy (non-hydrogen) atoms. The van der Waals surface area contributed by atoms with E-state index < -0.39 is 17.9 Å². The highest BCUT2D eigenvalue weighted by Gasteiger charge is 2.32. The topological polar surface area (TPSA) is 9.23 Å². The van der Waals surface area contributed by atoms with Crippen molar-refractivity contribution in [3.63, 3.8) is 0 Å². The van der Waals surface area contributed by atoms with Gasteiger partial charge in [-0.25, -0.2) is 4.39 Å². The van der Waals surface area contributed by atoms with E-state index in [1.165, 1.54) is 56.2 Å². The zero-order valence-electron chi connectivity index (χ0n) is 17.5. The molecule has 0 spiro atoms. The smallest absolute Gasteiger partial charge is 0.403 e. The van der Waals surface area contributed by atoms with Crippen molar-refractivity contribution in [2.24, 2.45) is 5.92 Å². The van der Waals surface area contributed by atoms with Gasteiger partial charge in [-0.2, -0.15) is 0 Å². The van der Waals surface area contributed by atoms with Gasteiger partial charge >= 0.3 is 6.36 Å². The Labute approximate surface area is 180 Å². The fraction of sp³-hybridized carbons (Fsp3) is 0.385. The molecular formula is C26H26F4O. The molecule has 5 heteroatoms. The maximum Gasteiger partial charge on any atom is 0.573 e. The Balaban J connectivity index is 1.52. The standard InChI is InChI=1S/C26H26F4O/c1-2-3-17-4-6-18(7-5-17)19-8-10-20(11-9-19)21-12-14-23-22(16-21)13-15-24(25(23)27)31-26(28,29)30/h8-18H,2-7H2,1H3. The molecule has 0 aromatic heterocycles. The largest absolute Gasteiger partial charge is 0.573 e. The van der Waals surface area contributed by atoms with Gasteiger partial charge in [-0.05, 0) is 71.7 Å². The summed E-state index contributed by atoms with van der Waals surface area (Å²) in [5, 5.41) is 0.633. The highest BCUT2D eigenvalue weighted by Crippen LogP contribution is 2.38. The summed E-state index contributed by atoms with van der Waals surface area (Å²) in [5.74, 6) is -0.332. The van der Waals surface area contributed by atoms with Gasteiger partial charge in [-0.1, -0.05) is 62.2 Å². The number of benzene rings is 3. The lowest BCUT2D eigenvalue weighted by Crippen LogP contribution is -2.17. The molecule has 1 fully saturated rings. The third-order valence-electron chi connectivity index (χ3n) is 6.40. The van der Waals surface area contributed by atoms with Crippen LogP contribution in [0, 0.1) is 11.7 Å². The molecular weight excluding hydrogens is 404 g/mol. The zero-order chi connectivity index (χ0) is 22.0. The molecule has 0 bridgehead atoms. The monoisotopic (exact) mass is 430 g/mol. The summed E-state index contributed by atoms with van der Waals surface area (Å²) in [6.45, 7) is 2.25. The van der Waals surface area contributed by atoms with Crippen LogP contribution in [-0.2, 0) is 0 Å². The van der Waals surface area contributed by atoms with Gasteiger partial charge in [-0.3, -0.25) is 0 Å². The summed E-state index contributed by atoms with van der Waals surface area (Å²) in [4.78, 5) is 0. The Hall–Kier alpha value is -2.56. The molecule has 0 N–H and O–H groups in total. The fourth-order valence-electron chi connectivity index (χ4n) is 4.80. The van der Waals surface area contributed by atoms with Crippen LogP contribution < -0.4 is 4.74 Å². The first-order valence-electron chi connectivity index (χ1n) is 10.9. The van der Waals surface area contributed by atoms with Crippen LogP contribution in [-0.4, -0.2) is 6.36 Å². The molecule has 0 aliphatic heterocycles. The molecule has 1 saturated carbocycles. The van der Waals surface area contributed by atoms with Gasteiger partial charge in [-0.15, -0.1) is 13.2 Å². The SMILES string of the molecule is CCCC1CCC(c2ccc(-c3ccc4c(F)c(OC(F)(F)F)ccc4c3)cc2)CC1. The summed E-state index contributed by atoms with van der Waals surface area (Å²) >= 11 is 0. The minimum absolute atomic E-state index is 0.103. The van der Waals surface area contributed by atoms with Gasteiger partial charge in [0.2, 0.25) is 0 Å². The number of hydrogen-bond acceptors (Lipinski definition) is 1. The third kappa shape index (κ3) is 5.03. The molecule has 0 heterocycles. The molecule has 0 saturated heterocycles. The van der Waals surface area contributed by atoms with E-state index in [1.807, 2.05) is 0 Å². The zero-order valence-corrected chi connectivity index (χ0v) is 17.5. The van der Waals surface area contributed by atoms with Crippen molar-refractivity contribution in [1.82, 2.24) is 0 Å². The molecule has 0 amide bonds. The quantitative estimate of drug-likeness (QED) is 0.368. The third-order valence-corrected chi connectivity index (χ3v) is 6.40. The number of hydrogen-bond donors (Lipinski definition) is 0. The van der Waals surface area contributed by atoms with E-state index >= 15 is 0 Å². The van der Waals surface area contributed by atoms with Gasteiger partial charge in [0.1, 0.15) is 0 Å². The van der Waals surface area contributed by atoms with Gasteiger partial charge in [0.05, 0.1) is 0 Å². The van der Waals surface area contributed by atoms with Crippen molar-refractivity contribution in [2.45, 2.75) is 57.7 Å². The molecule has 1 aliphatic carbocycles. The Morgan fingerprint density at radius 3 is 2.19 bits per heavy atom. The van der Waals surface area contributed by atoms with Crippen molar-refractivity contribution in [1.29, 1.82) is 0 Å². The van der Waals surface area contributed by atoms with Crippen molar-refractivity contribution < 1.29 is 22.3 Å². The lowest BCUT2D eigenvalue weighted by molar-refractivity contribution is -0.275. The molecule has 0 radical (unpaired) electrons. The Bertz CT molecular complexity index is 1030. The number of alkyl halides is 3. The number of halogens is 4. The van der Waals surface area contributed by atoms with Crippen LogP contribution >= 0.6 is 0 Å². The molecule has 3 aromatic rings. The number of ether oxygens (including phenoxy) is 1. The van der Waals surface area contributed by atoms with Gasteiger partial charge in [0.15, 0.2) is 11.6 Å². The first-order valence-corrected chi connectivity index (χ1v) is 10.9. The van der Waals surface area contributed by atoms with Crippen LogP contribution in [0.5, 0.6) is 5.75 Å². The lowest BCUT2D eigenvalue weighted by atomic mass is 9.77. The van der Waals surface area contributed by atoms with E-state index in [0.717, 1.165) is 23.1 Å². The Morgan fingerprint density at radius 2 is 1.55 bits per heavy atom. The van der Waals surface area contributed by atoms with Crippen LogP contribution in [0.15, 0.2) is 54.6 Å². The summed E-state index contributed by atoms with van der Waals surface area (Å²) in [6, 6.07) is 16.0. The molecule has 1 nitrogen and oxygen atoms in total. The van der Waals surface area contributed by atoms with E-state index in [4.69, 9.17) is 0 Å². The second kappa shape index (κ2) is 8.89. The first kappa shape index (κ1) is 21.7. The summed E-state index contributed by atoms with van der Waals surface area (Å²) < 4.78 is 55.5. The second-order valence-electron chi connectivity index (χ2n) is 8.49. The van der Waals surface area contributed by atoms with Crippen molar-refractivity contribution >= 4 is 10.8 Å². The van der Waals surface area contributed by atoms with Gasteiger partial charge in [0, 0.05) is 5.39 Å². The second-order valence-corrected chi connectivity index (χ2v) is 8.49. The summed E-state index contributed by atoms with van der Waals surface area (Å²) in [5.41, 5.74) is 3.26. The van der Waals surface area contributed by atoms with E-state index in [0.29, 0.717) is 11.3 Å². The predicted molar refractivity (Wildman–Crippen MR) is 116 cm³/mol. The fourth-order valence-corrected chi connectivity index (χ4v) is 4.80. The van der Waals surface area contributed by atoms with Crippen molar-refractivity contribution in [3.05, 3.63) is 66.0 Å². The molecule has 4 rings (SSSR count). The number of fused-ring (bicyclic) bond motifs is 1. The predicted octanol–water partition coefficient (Wildman–Crippen LogP) is 8.62. The van der Waals surface area contributed by atoms with Crippen LogP contribution in [0.2, 0.25) is 0 Å². The molecule has 0 atom stereocenters. The maximum absolute atomic E-state index is 14.4. The Kier molecular flexibility index (Phi) is 6.22. The average Bonchev–Trinajstić information content (AvgIpc) is 2.76. The van der Waals surface area contributed by atoms with E-state index in [2.05, 4.69) is 35.9 Å². The molecule has 1 aliphatic rings. The summed E-state index contributed by atoms with van der Waals surface area (Å²) in [7, 11) is 0. The van der Waals surface area contributed by atoms with Crippen LogP contribution in [0.25, 0.3) is 21.9 Å². The average molecular weight is 430 g/mol. The minimum Gasteiger partial charge on any atom is -0.403 e. The minimum atomic E-state index is -4.93. The van der Waals surface area contributed by atoms with E-state index in [1.54, 1.807) is 12.1 Å². The van der Waals surface area contributed by atoms with Crippen LogP contribution in [0.1, 0.15) is 56.9 Å². The highest BCUT2D eigenvalue weighted by molar-refractivity contribution is 5.89. The van der Waals surface area contributed by atoms with Gasteiger partial charge < -0.3 is 4.74 Å². The Morgan fingerprint density at radius 1 is 0.871 bits per heavy atom. The van der Waals surface area contributed by atoms with Crippen molar-refractivity contribution in [2.75, 3.05) is 0 Å². The van der Waals surface area contributed by atoms with Crippen molar-refractivity contribution in [3.8, 4) is 16.9 Å². The maximum atomic E-state index is 14.4. The molecule has 3 aromatic carbocycles. The molecule has 164 valence electrons. The first-order chi connectivity index (χ1) is 14.8. The van der Waals surface area contributed by atoms with Crippen LogP contribution in [0.3, 0.4) is 0 Å². The normalized spacial score (nSPS) is 19.5. The van der Waals surface area contributed by atoms with E-state index in [9.17, 15) is 17.6 Å². The van der Waals surface area contributed by atoms with Crippen LogP contribution in [0.4, 0.5) is 17.6 Å². The van der Waals surface area contributed by atoms with Gasteiger partial charge in [0.25, 0.3) is 0 Å². The number of rotatable bonds is 5. The summed E-state index contributed by atoms with van der Waals surface area (Å²) in [6.07, 6.45) is 2.75. The highest BCUT2D eigenvalue weighted by atomic mass is 19.4.